The number of fused-ring (bicyclic) bond motifs is 3. The average molecular weight is 376 g/mol. The lowest BCUT2D eigenvalue weighted by Crippen LogP contribution is -2.30. The fraction of sp³-hybridized carbons (Fsp3) is 0.190. The Kier molecular flexibility index (Phi) is 4.44. The lowest BCUT2D eigenvalue weighted by Gasteiger charge is -2.08. The Hall–Kier alpha value is -3.45. The molecule has 0 fully saturated rings. The van der Waals surface area contributed by atoms with E-state index < -0.39 is 6.10 Å². The van der Waals surface area contributed by atoms with Crippen molar-refractivity contribution in [2.45, 2.75) is 20.0 Å². The van der Waals surface area contributed by atoms with Crippen LogP contribution in [0.3, 0.4) is 0 Å². The highest BCUT2D eigenvalue weighted by Crippen LogP contribution is 2.22. The third-order valence-electron chi connectivity index (χ3n) is 4.64. The number of nitrogens with zero attached hydrogens (tertiary/aromatic N) is 2. The number of hydrogen-bond donors (Lipinski definition) is 3. The van der Waals surface area contributed by atoms with Crippen molar-refractivity contribution in [3.63, 3.8) is 0 Å². The highest BCUT2D eigenvalue weighted by atomic mass is 16.3. The number of H-pyrrole nitrogens is 1. The third kappa shape index (κ3) is 3.16. The van der Waals surface area contributed by atoms with Gasteiger partial charge in [0.25, 0.3) is 11.5 Å². The fourth-order valence-corrected chi connectivity index (χ4v) is 3.12. The number of aromatic amines is 1. The normalized spacial score (nSPS) is 12.4. The molecule has 1 amide bonds. The standard InChI is InChI=1S/C21H20N4O3/c1-12-3-6-15(7-4-12)25-21(28)17-11-22-18-8-5-14(9-16(18)19(17)24-25)20(27)23-10-13(2)26/h3-9,11,13,24,26H,10H2,1-2H3,(H,23,27). The van der Waals surface area contributed by atoms with Crippen molar-refractivity contribution >= 4 is 27.7 Å². The lowest BCUT2D eigenvalue weighted by atomic mass is 10.1. The van der Waals surface area contributed by atoms with Crippen molar-refractivity contribution < 1.29 is 9.90 Å². The van der Waals surface area contributed by atoms with E-state index in [0.717, 1.165) is 11.3 Å². The van der Waals surface area contributed by atoms with Gasteiger partial charge >= 0.3 is 0 Å². The fourth-order valence-electron chi connectivity index (χ4n) is 3.12. The van der Waals surface area contributed by atoms with Crippen LogP contribution in [0.5, 0.6) is 0 Å². The maximum atomic E-state index is 12.8. The monoisotopic (exact) mass is 376 g/mol. The highest BCUT2D eigenvalue weighted by Gasteiger charge is 2.14. The second kappa shape index (κ2) is 6.94. The van der Waals surface area contributed by atoms with Crippen molar-refractivity contribution in [3.8, 4) is 5.69 Å². The van der Waals surface area contributed by atoms with E-state index in [9.17, 15) is 14.7 Å². The summed E-state index contributed by atoms with van der Waals surface area (Å²) in [6, 6.07) is 12.7. The molecule has 4 aromatic rings. The van der Waals surface area contributed by atoms with Crippen molar-refractivity contribution in [3.05, 3.63) is 70.1 Å². The molecule has 0 spiro atoms. The first-order chi connectivity index (χ1) is 13.4. The minimum Gasteiger partial charge on any atom is -0.392 e. The number of aliphatic hydroxyl groups excluding tert-OH is 1. The number of amides is 1. The second-order valence-electron chi connectivity index (χ2n) is 6.93. The van der Waals surface area contributed by atoms with Gasteiger partial charge in [-0.1, -0.05) is 17.7 Å². The average Bonchev–Trinajstić information content (AvgIpc) is 3.03. The van der Waals surface area contributed by atoms with E-state index in [1.807, 2.05) is 31.2 Å². The Morgan fingerprint density at radius 1 is 1.21 bits per heavy atom. The molecule has 0 aliphatic carbocycles. The topological polar surface area (TPSA) is 100 Å². The van der Waals surface area contributed by atoms with Crippen LogP contribution in [-0.2, 0) is 0 Å². The van der Waals surface area contributed by atoms with Crippen LogP contribution in [0.2, 0.25) is 0 Å². The van der Waals surface area contributed by atoms with Crippen molar-refractivity contribution in [2.75, 3.05) is 6.54 Å². The molecule has 0 saturated heterocycles. The SMILES string of the molecule is Cc1ccc(-n2[nH]c3c(cnc4ccc(C(=O)NCC(C)O)cc43)c2=O)cc1. The zero-order valence-electron chi connectivity index (χ0n) is 15.6. The molecule has 7 heteroatoms. The zero-order valence-corrected chi connectivity index (χ0v) is 15.6. The molecule has 0 bridgehead atoms. The van der Waals surface area contributed by atoms with Gasteiger partial charge < -0.3 is 10.4 Å². The summed E-state index contributed by atoms with van der Waals surface area (Å²) in [6.45, 7) is 3.76. The highest BCUT2D eigenvalue weighted by molar-refractivity contribution is 6.06. The van der Waals surface area contributed by atoms with Gasteiger partial charge in [0.2, 0.25) is 0 Å². The van der Waals surface area contributed by atoms with Gasteiger partial charge in [0.05, 0.1) is 28.2 Å². The summed E-state index contributed by atoms with van der Waals surface area (Å²) in [5, 5.41) is 16.3. The van der Waals surface area contributed by atoms with Crippen molar-refractivity contribution in [1.29, 1.82) is 0 Å². The molecule has 2 aromatic heterocycles. The van der Waals surface area contributed by atoms with Gasteiger partial charge in [-0.3, -0.25) is 19.7 Å². The van der Waals surface area contributed by atoms with Crippen molar-refractivity contribution in [1.82, 2.24) is 20.1 Å². The van der Waals surface area contributed by atoms with E-state index in [1.54, 1.807) is 31.3 Å². The summed E-state index contributed by atoms with van der Waals surface area (Å²) in [5.74, 6) is -0.292. The molecule has 0 radical (unpaired) electrons. The predicted molar refractivity (Wildman–Crippen MR) is 108 cm³/mol. The number of rotatable bonds is 4. The first-order valence-electron chi connectivity index (χ1n) is 9.01. The lowest BCUT2D eigenvalue weighted by molar-refractivity contribution is 0.0924. The van der Waals surface area contributed by atoms with E-state index in [4.69, 9.17) is 0 Å². The molecule has 142 valence electrons. The summed E-state index contributed by atoms with van der Waals surface area (Å²) in [5.41, 5.74) is 3.37. The molecule has 1 unspecified atom stereocenters. The molecule has 1 atom stereocenters. The largest absolute Gasteiger partial charge is 0.392 e. The molecule has 4 rings (SSSR count). The maximum Gasteiger partial charge on any atom is 0.280 e. The Morgan fingerprint density at radius 3 is 2.68 bits per heavy atom. The van der Waals surface area contributed by atoms with Crippen LogP contribution in [0, 0.1) is 6.92 Å². The minimum atomic E-state index is -0.627. The van der Waals surface area contributed by atoms with Crippen LogP contribution in [0.25, 0.3) is 27.5 Å². The number of carbonyl (C=O) groups is 1. The van der Waals surface area contributed by atoms with Crippen LogP contribution in [0.15, 0.2) is 53.5 Å². The first-order valence-corrected chi connectivity index (χ1v) is 9.01. The summed E-state index contributed by atoms with van der Waals surface area (Å²) in [7, 11) is 0. The molecule has 0 aliphatic rings. The number of carbonyl (C=O) groups excluding carboxylic acids is 1. The third-order valence-corrected chi connectivity index (χ3v) is 4.64. The Bertz CT molecular complexity index is 1240. The number of aliphatic hydroxyl groups is 1. The van der Waals surface area contributed by atoms with Gasteiger partial charge in [-0.2, -0.15) is 0 Å². The zero-order chi connectivity index (χ0) is 19.8. The van der Waals surface area contributed by atoms with Gasteiger partial charge in [0.1, 0.15) is 0 Å². The Labute approximate surface area is 160 Å². The molecule has 7 nitrogen and oxygen atoms in total. The summed E-state index contributed by atoms with van der Waals surface area (Å²) in [4.78, 5) is 29.5. The quantitative estimate of drug-likeness (QED) is 0.509. The molecule has 2 heterocycles. The number of hydrogen-bond acceptors (Lipinski definition) is 4. The summed E-state index contributed by atoms with van der Waals surface area (Å²) < 4.78 is 1.48. The smallest absolute Gasteiger partial charge is 0.280 e. The van der Waals surface area contributed by atoms with Crippen LogP contribution in [0.1, 0.15) is 22.8 Å². The van der Waals surface area contributed by atoms with E-state index in [1.165, 1.54) is 4.68 Å². The van der Waals surface area contributed by atoms with E-state index in [-0.39, 0.29) is 18.0 Å². The van der Waals surface area contributed by atoms with Gasteiger partial charge in [-0.25, -0.2) is 4.68 Å². The molecule has 28 heavy (non-hydrogen) atoms. The van der Waals surface area contributed by atoms with Crippen molar-refractivity contribution in [2.24, 2.45) is 0 Å². The van der Waals surface area contributed by atoms with Gasteiger partial charge in [0.15, 0.2) is 0 Å². The second-order valence-corrected chi connectivity index (χ2v) is 6.93. The van der Waals surface area contributed by atoms with Gasteiger partial charge in [-0.15, -0.1) is 0 Å². The number of aryl methyl sites for hydroxylation is 1. The van der Waals surface area contributed by atoms with Crippen LogP contribution in [0.4, 0.5) is 0 Å². The first kappa shape index (κ1) is 17.9. The van der Waals surface area contributed by atoms with E-state index in [0.29, 0.717) is 27.4 Å². The van der Waals surface area contributed by atoms with Crippen LogP contribution in [-0.4, -0.2) is 38.4 Å². The van der Waals surface area contributed by atoms with Crippen LogP contribution >= 0.6 is 0 Å². The van der Waals surface area contributed by atoms with Crippen LogP contribution < -0.4 is 10.9 Å². The Balaban J connectivity index is 1.85. The number of pyridine rings is 1. The predicted octanol–water partition coefficient (Wildman–Crippen LogP) is 2.29. The molecule has 0 saturated carbocycles. The van der Waals surface area contributed by atoms with E-state index in [2.05, 4.69) is 15.4 Å². The number of nitrogens with one attached hydrogen (secondary N) is 2. The van der Waals surface area contributed by atoms with E-state index >= 15 is 0 Å². The summed E-state index contributed by atoms with van der Waals surface area (Å²) >= 11 is 0. The maximum absolute atomic E-state index is 12.8. The molecular weight excluding hydrogens is 356 g/mol. The molecule has 3 N–H and O–H groups in total. The van der Waals surface area contributed by atoms with Gasteiger partial charge in [0, 0.05) is 23.7 Å². The molecule has 0 aliphatic heterocycles. The Morgan fingerprint density at radius 2 is 1.96 bits per heavy atom. The molecule has 2 aromatic carbocycles. The van der Waals surface area contributed by atoms with Gasteiger partial charge in [-0.05, 0) is 44.2 Å². The summed E-state index contributed by atoms with van der Waals surface area (Å²) in [6.07, 6.45) is 0.923. The number of benzene rings is 2. The number of aromatic nitrogens is 3. The molecular formula is C21H20N4O3. The minimum absolute atomic E-state index is 0.167.